The maximum atomic E-state index is 9.88. The van der Waals surface area contributed by atoms with E-state index >= 15 is 0 Å². The van der Waals surface area contributed by atoms with Crippen molar-refractivity contribution in [1.29, 1.82) is 0 Å². The smallest absolute Gasteiger partial charge is 0.161 e. The van der Waals surface area contributed by atoms with Crippen LogP contribution in [0.5, 0.6) is 11.5 Å². The van der Waals surface area contributed by atoms with E-state index in [4.69, 9.17) is 9.47 Å². The van der Waals surface area contributed by atoms with Gasteiger partial charge in [0.15, 0.2) is 11.5 Å². The summed E-state index contributed by atoms with van der Waals surface area (Å²) in [5.74, 6) is 1.40. The van der Waals surface area contributed by atoms with Gasteiger partial charge in [0.25, 0.3) is 0 Å². The molecule has 1 atom stereocenters. The van der Waals surface area contributed by atoms with Crippen LogP contribution in [-0.4, -0.2) is 24.4 Å². The van der Waals surface area contributed by atoms with Crippen molar-refractivity contribution >= 4 is 0 Å². The molecular weight excluding hydrogens is 216 g/mol. The summed E-state index contributed by atoms with van der Waals surface area (Å²) in [7, 11) is 1.62. The summed E-state index contributed by atoms with van der Waals surface area (Å²) in [4.78, 5) is 0. The van der Waals surface area contributed by atoms with E-state index in [1.807, 2.05) is 25.1 Å². The zero-order valence-corrected chi connectivity index (χ0v) is 11.1. The minimum Gasteiger partial charge on any atom is -0.493 e. The number of aryl methyl sites for hydroxylation is 1. The Labute approximate surface area is 103 Å². The molecule has 1 aromatic carbocycles. The normalized spacial score (nSPS) is 14.2. The Hall–Kier alpha value is -1.22. The third-order valence-electron chi connectivity index (χ3n) is 2.94. The molecule has 0 aliphatic heterocycles. The predicted octanol–water partition coefficient (Wildman–Crippen LogP) is 2.80. The number of hydrogen-bond donors (Lipinski definition) is 1. The molecule has 1 N–H and O–H groups in total. The van der Waals surface area contributed by atoms with Gasteiger partial charge in [-0.3, -0.25) is 0 Å². The van der Waals surface area contributed by atoms with Crippen LogP contribution in [0.2, 0.25) is 0 Å². The summed E-state index contributed by atoms with van der Waals surface area (Å²) < 4.78 is 10.9. The van der Waals surface area contributed by atoms with E-state index in [0.29, 0.717) is 12.2 Å². The van der Waals surface area contributed by atoms with E-state index in [0.717, 1.165) is 12.2 Å². The van der Waals surface area contributed by atoms with Crippen molar-refractivity contribution in [3.63, 3.8) is 0 Å². The minimum atomic E-state index is -0.797. The molecule has 1 unspecified atom stereocenters. The number of hydrogen-bond acceptors (Lipinski definition) is 3. The van der Waals surface area contributed by atoms with Gasteiger partial charge >= 0.3 is 0 Å². The summed E-state index contributed by atoms with van der Waals surface area (Å²) in [5, 5.41) is 9.88. The first-order valence-electron chi connectivity index (χ1n) is 6.04. The maximum Gasteiger partial charge on any atom is 0.161 e. The van der Waals surface area contributed by atoms with Crippen molar-refractivity contribution < 1.29 is 14.6 Å². The lowest BCUT2D eigenvalue weighted by atomic mass is 10.1. The third-order valence-corrected chi connectivity index (χ3v) is 2.94. The van der Waals surface area contributed by atoms with E-state index in [2.05, 4.69) is 6.92 Å². The van der Waals surface area contributed by atoms with Gasteiger partial charge in [-0.1, -0.05) is 19.9 Å². The Morgan fingerprint density at radius 2 is 1.94 bits per heavy atom. The summed E-state index contributed by atoms with van der Waals surface area (Å²) in [6, 6.07) is 5.87. The van der Waals surface area contributed by atoms with Crippen molar-refractivity contribution in [2.45, 2.75) is 39.2 Å². The molecule has 0 amide bonds. The topological polar surface area (TPSA) is 38.7 Å². The van der Waals surface area contributed by atoms with Gasteiger partial charge in [0.1, 0.15) is 6.61 Å². The quantitative estimate of drug-likeness (QED) is 0.828. The molecule has 0 aliphatic carbocycles. The van der Waals surface area contributed by atoms with Gasteiger partial charge in [-0.25, -0.2) is 0 Å². The Bertz CT molecular complexity index is 358. The molecule has 0 aliphatic rings. The van der Waals surface area contributed by atoms with Crippen LogP contribution >= 0.6 is 0 Å². The molecule has 1 aromatic rings. The predicted molar refractivity (Wildman–Crippen MR) is 68.8 cm³/mol. The van der Waals surface area contributed by atoms with Crippen molar-refractivity contribution in [1.82, 2.24) is 0 Å². The highest BCUT2D eigenvalue weighted by Gasteiger charge is 2.19. The van der Waals surface area contributed by atoms with E-state index < -0.39 is 5.60 Å². The summed E-state index contributed by atoms with van der Waals surface area (Å²) in [6.45, 7) is 6.06. The number of ether oxygens (including phenoxy) is 2. The number of aliphatic hydroxyl groups is 1. The van der Waals surface area contributed by atoms with Crippen molar-refractivity contribution in [2.75, 3.05) is 13.7 Å². The second kappa shape index (κ2) is 5.92. The SMILES string of the molecule is CCc1ccc(OCC(C)(O)CC)c(OC)c1. The molecule has 0 heterocycles. The van der Waals surface area contributed by atoms with Gasteiger partial charge in [0.2, 0.25) is 0 Å². The summed E-state index contributed by atoms with van der Waals surface area (Å²) in [6.07, 6.45) is 1.62. The molecule has 3 heteroatoms. The standard InChI is InChI=1S/C14H22O3/c1-5-11-7-8-12(13(9-11)16-4)17-10-14(3,15)6-2/h7-9,15H,5-6,10H2,1-4H3. The zero-order chi connectivity index (χ0) is 12.9. The molecule has 0 spiro atoms. The summed E-state index contributed by atoms with van der Waals surface area (Å²) in [5.41, 5.74) is 0.408. The van der Waals surface area contributed by atoms with Crippen LogP contribution in [0.3, 0.4) is 0 Å². The molecule has 1 rings (SSSR count). The molecule has 0 aromatic heterocycles. The van der Waals surface area contributed by atoms with Crippen LogP contribution in [0.4, 0.5) is 0 Å². The van der Waals surface area contributed by atoms with E-state index in [9.17, 15) is 5.11 Å². The fourth-order valence-corrected chi connectivity index (χ4v) is 1.39. The molecule has 0 fully saturated rings. The van der Waals surface area contributed by atoms with Gasteiger partial charge < -0.3 is 14.6 Å². The Morgan fingerprint density at radius 1 is 1.24 bits per heavy atom. The molecule has 0 saturated carbocycles. The van der Waals surface area contributed by atoms with E-state index in [1.165, 1.54) is 5.56 Å². The van der Waals surface area contributed by atoms with Crippen molar-refractivity contribution in [2.24, 2.45) is 0 Å². The molecule has 0 bridgehead atoms. The van der Waals surface area contributed by atoms with Gasteiger partial charge in [0.05, 0.1) is 12.7 Å². The highest BCUT2D eigenvalue weighted by atomic mass is 16.5. The van der Waals surface area contributed by atoms with Crippen LogP contribution < -0.4 is 9.47 Å². The molecule has 0 radical (unpaired) electrons. The van der Waals surface area contributed by atoms with Gasteiger partial charge in [-0.15, -0.1) is 0 Å². The lowest BCUT2D eigenvalue weighted by molar-refractivity contribution is 0.00775. The lowest BCUT2D eigenvalue weighted by Crippen LogP contribution is -2.31. The highest BCUT2D eigenvalue weighted by Crippen LogP contribution is 2.29. The fourth-order valence-electron chi connectivity index (χ4n) is 1.39. The number of methoxy groups -OCH3 is 1. The minimum absolute atomic E-state index is 0.269. The van der Waals surface area contributed by atoms with Crippen LogP contribution in [0.25, 0.3) is 0 Å². The van der Waals surface area contributed by atoms with Crippen molar-refractivity contribution in [3.8, 4) is 11.5 Å². The maximum absolute atomic E-state index is 9.88. The zero-order valence-electron chi connectivity index (χ0n) is 11.1. The molecule has 96 valence electrons. The lowest BCUT2D eigenvalue weighted by Gasteiger charge is -2.22. The van der Waals surface area contributed by atoms with E-state index in [-0.39, 0.29) is 6.61 Å². The monoisotopic (exact) mass is 238 g/mol. The van der Waals surface area contributed by atoms with Crippen LogP contribution in [-0.2, 0) is 6.42 Å². The van der Waals surface area contributed by atoms with Gasteiger partial charge in [-0.2, -0.15) is 0 Å². The average Bonchev–Trinajstić information content (AvgIpc) is 2.36. The van der Waals surface area contributed by atoms with Crippen molar-refractivity contribution in [3.05, 3.63) is 23.8 Å². The molecule has 0 saturated heterocycles. The highest BCUT2D eigenvalue weighted by molar-refractivity contribution is 5.43. The van der Waals surface area contributed by atoms with Crippen LogP contribution in [0.15, 0.2) is 18.2 Å². The summed E-state index contributed by atoms with van der Waals surface area (Å²) >= 11 is 0. The van der Waals surface area contributed by atoms with Crippen LogP contribution in [0, 0.1) is 0 Å². The number of rotatable bonds is 6. The fraction of sp³-hybridized carbons (Fsp3) is 0.571. The Morgan fingerprint density at radius 3 is 2.47 bits per heavy atom. The van der Waals surface area contributed by atoms with Gasteiger partial charge in [-0.05, 0) is 37.5 Å². The third kappa shape index (κ3) is 3.93. The Kier molecular flexibility index (Phi) is 4.82. The second-order valence-corrected chi connectivity index (χ2v) is 4.48. The first-order valence-corrected chi connectivity index (χ1v) is 6.04. The Balaban J connectivity index is 2.77. The molecular formula is C14H22O3. The number of benzene rings is 1. The molecule has 17 heavy (non-hydrogen) atoms. The second-order valence-electron chi connectivity index (χ2n) is 4.48. The van der Waals surface area contributed by atoms with E-state index in [1.54, 1.807) is 14.0 Å². The first kappa shape index (κ1) is 13.8. The largest absolute Gasteiger partial charge is 0.493 e. The first-order chi connectivity index (χ1) is 8.02. The van der Waals surface area contributed by atoms with Crippen LogP contribution in [0.1, 0.15) is 32.8 Å². The molecule has 3 nitrogen and oxygen atoms in total. The van der Waals surface area contributed by atoms with Gasteiger partial charge in [0, 0.05) is 0 Å². The average molecular weight is 238 g/mol.